The van der Waals surface area contributed by atoms with Gasteiger partial charge in [0, 0.05) is 42.4 Å². The third-order valence-electron chi connectivity index (χ3n) is 4.93. The lowest BCUT2D eigenvalue weighted by atomic mass is 10.2. The van der Waals surface area contributed by atoms with Crippen LogP contribution in [0.15, 0.2) is 67.0 Å². The molecule has 146 valence electrons. The Labute approximate surface area is 172 Å². The summed E-state index contributed by atoms with van der Waals surface area (Å²) >= 11 is 1.65. The fourth-order valence-electron chi connectivity index (χ4n) is 3.40. The average Bonchev–Trinajstić information content (AvgIpc) is 3.44. The normalized spacial score (nSPS) is 14.3. The molecule has 3 heterocycles. The van der Waals surface area contributed by atoms with Gasteiger partial charge in [-0.1, -0.05) is 17.4 Å². The number of hydrogen-bond acceptors (Lipinski definition) is 5. The Kier molecular flexibility index (Phi) is 4.75. The Hall–Kier alpha value is -3.16. The van der Waals surface area contributed by atoms with E-state index in [1.54, 1.807) is 11.3 Å². The summed E-state index contributed by atoms with van der Waals surface area (Å²) in [6.07, 6.45) is 3.92. The van der Waals surface area contributed by atoms with Gasteiger partial charge >= 0.3 is 0 Å². The van der Waals surface area contributed by atoms with Gasteiger partial charge in [0.05, 0.1) is 23.4 Å². The predicted octanol–water partition coefficient (Wildman–Crippen LogP) is 4.18. The number of morpholine rings is 1. The summed E-state index contributed by atoms with van der Waals surface area (Å²) in [6.45, 7) is 3.20. The molecule has 0 aliphatic carbocycles. The van der Waals surface area contributed by atoms with Crippen molar-refractivity contribution in [2.75, 3.05) is 36.5 Å². The molecule has 29 heavy (non-hydrogen) atoms. The van der Waals surface area contributed by atoms with E-state index in [1.165, 1.54) is 0 Å². The number of benzene rings is 2. The summed E-state index contributed by atoms with van der Waals surface area (Å²) in [5.41, 5.74) is 3.29. The van der Waals surface area contributed by atoms with E-state index in [1.807, 2.05) is 71.6 Å². The van der Waals surface area contributed by atoms with Crippen LogP contribution < -0.4 is 10.2 Å². The quantitative estimate of drug-likeness (QED) is 0.554. The second kappa shape index (κ2) is 7.69. The van der Waals surface area contributed by atoms with E-state index in [2.05, 4.69) is 10.2 Å². The molecule has 0 unspecified atom stereocenters. The molecule has 2 aromatic carbocycles. The fraction of sp³-hybridized carbons (Fsp3) is 0.182. The number of nitrogens with zero attached hydrogens (tertiary/aromatic N) is 3. The smallest absolute Gasteiger partial charge is 0.255 e. The molecule has 1 saturated heterocycles. The van der Waals surface area contributed by atoms with E-state index in [0.29, 0.717) is 5.56 Å². The summed E-state index contributed by atoms with van der Waals surface area (Å²) in [6, 6.07) is 17.4. The summed E-state index contributed by atoms with van der Waals surface area (Å²) in [7, 11) is 0. The lowest BCUT2D eigenvalue weighted by Crippen LogP contribution is -2.36. The summed E-state index contributed by atoms with van der Waals surface area (Å²) < 4.78 is 8.46. The molecule has 4 aromatic rings. The zero-order chi connectivity index (χ0) is 19.6. The van der Waals surface area contributed by atoms with Crippen LogP contribution in [0.2, 0.25) is 0 Å². The largest absolute Gasteiger partial charge is 0.378 e. The minimum atomic E-state index is -0.128. The van der Waals surface area contributed by atoms with Gasteiger partial charge in [0.1, 0.15) is 0 Å². The standard InChI is InChI=1S/C22H20N4O2S/c27-21(16-4-3-5-18(14-16)25-8-1-2-9-25)23-17-6-7-19-20(15-17)29-22(24-19)26-10-12-28-13-11-26/h1-9,14-15H,10-13H2,(H,23,27). The van der Waals surface area contributed by atoms with Crippen molar-refractivity contribution in [3.63, 3.8) is 0 Å². The van der Waals surface area contributed by atoms with Gasteiger partial charge in [0.15, 0.2) is 5.13 Å². The first-order valence-corrected chi connectivity index (χ1v) is 10.4. The predicted molar refractivity (Wildman–Crippen MR) is 116 cm³/mol. The van der Waals surface area contributed by atoms with Gasteiger partial charge in [-0.15, -0.1) is 0 Å². The van der Waals surface area contributed by atoms with Crippen molar-refractivity contribution in [2.24, 2.45) is 0 Å². The van der Waals surface area contributed by atoms with Crippen LogP contribution in [0.3, 0.4) is 0 Å². The Balaban J connectivity index is 1.36. The maximum absolute atomic E-state index is 12.8. The van der Waals surface area contributed by atoms with Crippen LogP contribution in [0.4, 0.5) is 10.8 Å². The second-order valence-corrected chi connectivity index (χ2v) is 7.88. The first-order chi connectivity index (χ1) is 14.3. The van der Waals surface area contributed by atoms with Gasteiger partial charge in [-0.25, -0.2) is 4.98 Å². The Bertz CT molecular complexity index is 1150. The fourth-order valence-corrected chi connectivity index (χ4v) is 4.45. The summed E-state index contributed by atoms with van der Waals surface area (Å²) in [5, 5.41) is 4.01. The van der Waals surface area contributed by atoms with Gasteiger partial charge < -0.3 is 19.5 Å². The zero-order valence-corrected chi connectivity index (χ0v) is 16.6. The van der Waals surface area contributed by atoms with E-state index >= 15 is 0 Å². The van der Waals surface area contributed by atoms with Gasteiger partial charge in [-0.3, -0.25) is 4.79 Å². The van der Waals surface area contributed by atoms with Crippen LogP contribution in [0, 0.1) is 0 Å². The molecular weight excluding hydrogens is 384 g/mol. The number of hydrogen-bond donors (Lipinski definition) is 1. The number of carbonyl (C=O) groups is 1. The molecule has 1 fully saturated rings. The minimum Gasteiger partial charge on any atom is -0.378 e. The topological polar surface area (TPSA) is 59.4 Å². The number of nitrogens with one attached hydrogen (secondary N) is 1. The maximum atomic E-state index is 12.8. The van der Waals surface area contributed by atoms with E-state index in [0.717, 1.165) is 53.0 Å². The molecule has 1 N–H and O–H groups in total. The van der Waals surface area contributed by atoms with E-state index in [-0.39, 0.29) is 5.91 Å². The molecule has 5 rings (SSSR count). The van der Waals surface area contributed by atoms with Gasteiger partial charge in [0.25, 0.3) is 5.91 Å². The number of rotatable bonds is 4. The monoisotopic (exact) mass is 404 g/mol. The summed E-state index contributed by atoms with van der Waals surface area (Å²) in [4.78, 5) is 19.7. The van der Waals surface area contributed by atoms with Crippen molar-refractivity contribution < 1.29 is 9.53 Å². The minimum absolute atomic E-state index is 0.128. The average molecular weight is 404 g/mol. The molecule has 0 bridgehead atoms. The maximum Gasteiger partial charge on any atom is 0.255 e. The molecule has 0 saturated carbocycles. The van der Waals surface area contributed by atoms with E-state index < -0.39 is 0 Å². The number of ether oxygens (including phenoxy) is 1. The number of anilines is 2. The van der Waals surface area contributed by atoms with Crippen LogP contribution in [0.25, 0.3) is 15.9 Å². The molecular formula is C22H20N4O2S. The third-order valence-corrected chi connectivity index (χ3v) is 6.01. The molecule has 0 atom stereocenters. The van der Waals surface area contributed by atoms with Crippen LogP contribution in [0.5, 0.6) is 0 Å². The van der Waals surface area contributed by atoms with Crippen molar-refractivity contribution >= 4 is 38.3 Å². The van der Waals surface area contributed by atoms with Gasteiger partial charge in [0.2, 0.25) is 0 Å². The zero-order valence-electron chi connectivity index (χ0n) is 15.7. The molecule has 1 aliphatic heterocycles. The van der Waals surface area contributed by atoms with Gasteiger partial charge in [-0.2, -0.15) is 0 Å². The summed E-state index contributed by atoms with van der Waals surface area (Å²) in [5.74, 6) is -0.128. The number of carbonyl (C=O) groups excluding carboxylic acids is 1. The Morgan fingerprint density at radius 1 is 1.03 bits per heavy atom. The highest BCUT2D eigenvalue weighted by atomic mass is 32.1. The van der Waals surface area contributed by atoms with Crippen LogP contribution in [-0.4, -0.2) is 41.8 Å². The number of fused-ring (bicyclic) bond motifs is 1. The van der Waals surface area contributed by atoms with Crippen molar-refractivity contribution in [3.05, 3.63) is 72.6 Å². The first kappa shape index (κ1) is 17.9. The third kappa shape index (κ3) is 3.74. The van der Waals surface area contributed by atoms with Crippen LogP contribution >= 0.6 is 11.3 Å². The molecule has 1 aliphatic rings. The SMILES string of the molecule is O=C(Nc1ccc2nc(N3CCOCC3)sc2c1)c1cccc(-n2cccc2)c1. The highest BCUT2D eigenvalue weighted by Crippen LogP contribution is 2.31. The number of thiazole rings is 1. The molecule has 6 nitrogen and oxygen atoms in total. The van der Waals surface area contributed by atoms with Gasteiger partial charge in [-0.05, 0) is 48.5 Å². The lowest BCUT2D eigenvalue weighted by molar-refractivity contribution is 0.102. The van der Waals surface area contributed by atoms with Crippen molar-refractivity contribution in [1.29, 1.82) is 0 Å². The number of amides is 1. The number of aromatic nitrogens is 2. The second-order valence-electron chi connectivity index (χ2n) is 6.87. The highest BCUT2D eigenvalue weighted by molar-refractivity contribution is 7.22. The van der Waals surface area contributed by atoms with Crippen molar-refractivity contribution in [3.8, 4) is 5.69 Å². The van der Waals surface area contributed by atoms with Crippen molar-refractivity contribution in [2.45, 2.75) is 0 Å². The van der Waals surface area contributed by atoms with Crippen LogP contribution in [-0.2, 0) is 4.74 Å². The Morgan fingerprint density at radius 2 is 1.86 bits per heavy atom. The molecule has 0 radical (unpaired) electrons. The molecule has 2 aromatic heterocycles. The molecule has 7 heteroatoms. The first-order valence-electron chi connectivity index (χ1n) is 9.54. The lowest BCUT2D eigenvalue weighted by Gasteiger charge is -2.25. The van der Waals surface area contributed by atoms with E-state index in [9.17, 15) is 4.79 Å². The molecule has 0 spiro atoms. The molecule has 1 amide bonds. The van der Waals surface area contributed by atoms with E-state index in [4.69, 9.17) is 9.72 Å². The Morgan fingerprint density at radius 3 is 2.69 bits per heavy atom. The highest BCUT2D eigenvalue weighted by Gasteiger charge is 2.16. The van der Waals surface area contributed by atoms with Crippen molar-refractivity contribution in [1.82, 2.24) is 9.55 Å². The van der Waals surface area contributed by atoms with Crippen LogP contribution in [0.1, 0.15) is 10.4 Å².